The third-order valence-corrected chi connectivity index (χ3v) is 4.71. The van der Waals surface area contributed by atoms with Crippen LogP contribution in [0.5, 0.6) is 0 Å². The van der Waals surface area contributed by atoms with Crippen LogP contribution in [0, 0.1) is 5.92 Å². The minimum absolute atomic E-state index is 0.197. The van der Waals surface area contributed by atoms with E-state index in [0.29, 0.717) is 24.8 Å². The molecule has 1 N–H and O–H groups in total. The molecule has 1 aliphatic heterocycles. The van der Waals surface area contributed by atoms with Crippen molar-refractivity contribution in [2.75, 3.05) is 25.1 Å². The number of anilines is 1. The molecule has 1 saturated carbocycles. The molecule has 0 aromatic carbocycles. The summed E-state index contributed by atoms with van der Waals surface area (Å²) in [6.45, 7) is 2.19. The second kappa shape index (κ2) is 5.94. The van der Waals surface area contributed by atoms with Crippen LogP contribution in [0.25, 0.3) is 0 Å². The molecular weight excluding hydrogens is 294 g/mol. The van der Waals surface area contributed by atoms with Gasteiger partial charge in [-0.15, -0.1) is 0 Å². The third-order valence-electron chi connectivity index (χ3n) is 4.34. The lowest BCUT2D eigenvalue weighted by atomic mass is 9.85. The van der Waals surface area contributed by atoms with Gasteiger partial charge in [0.1, 0.15) is 5.02 Å². The number of ether oxygens (including phenoxy) is 2. The van der Waals surface area contributed by atoms with Crippen molar-refractivity contribution in [2.45, 2.75) is 31.5 Å². The molecule has 0 atom stereocenters. The van der Waals surface area contributed by atoms with Crippen LogP contribution in [0.15, 0.2) is 11.0 Å². The highest BCUT2D eigenvalue weighted by Crippen LogP contribution is 2.38. The summed E-state index contributed by atoms with van der Waals surface area (Å²) in [4.78, 5) is 11.7. The number of hydrogen-bond acceptors (Lipinski definition) is 5. The Labute approximate surface area is 128 Å². The Balaban J connectivity index is 1.55. The van der Waals surface area contributed by atoms with Gasteiger partial charge in [-0.3, -0.25) is 4.79 Å². The molecule has 0 unspecified atom stereocenters. The third kappa shape index (κ3) is 3.07. The SMILES string of the molecule is Cn1ncc(NCC2CCC3(CC2)OCCO3)c(Cl)c1=O. The predicted molar refractivity (Wildman–Crippen MR) is 79.6 cm³/mol. The van der Waals surface area contributed by atoms with Crippen LogP contribution >= 0.6 is 11.6 Å². The van der Waals surface area contributed by atoms with Gasteiger partial charge in [0, 0.05) is 26.4 Å². The van der Waals surface area contributed by atoms with Crippen LogP contribution in [-0.4, -0.2) is 35.3 Å². The Kier molecular flexibility index (Phi) is 4.19. The molecule has 0 bridgehead atoms. The van der Waals surface area contributed by atoms with Crippen molar-refractivity contribution < 1.29 is 9.47 Å². The molecule has 7 heteroatoms. The highest BCUT2D eigenvalue weighted by Gasteiger charge is 2.40. The Morgan fingerprint density at radius 2 is 2.10 bits per heavy atom. The fourth-order valence-electron chi connectivity index (χ4n) is 3.00. The lowest BCUT2D eigenvalue weighted by molar-refractivity contribution is -0.181. The molecule has 6 nitrogen and oxygen atoms in total. The molecule has 1 aliphatic carbocycles. The minimum Gasteiger partial charge on any atom is -0.382 e. The number of aryl methyl sites for hydroxylation is 1. The van der Waals surface area contributed by atoms with E-state index in [1.165, 1.54) is 4.68 Å². The summed E-state index contributed by atoms with van der Waals surface area (Å²) in [6, 6.07) is 0. The maximum Gasteiger partial charge on any atom is 0.287 e. The van der Waals surface area contributed by atoms with Crippen molar-refractivity contribution >= 4 is 17.3 Å². The van der Waals surface area contributed by atoms with Gasteiger partial charge in [0.25, 0.3) is 5.56 Å². The maximum atomic E-state index is 11.7. The molecule has 0 radical (unpaired) electrons. The summed E-state index contributed by atoms with van der Waals surface area (Å²) in [5.74, 6) is 0.210. The van der Waals surface area contributed by atoms with Gasteiger partial charge in [-0.05, 0) is 18.8 Å². The quantitative estimate of drug-likeness (QED) is 0.921. The average molecular weight is 314 g/mol. The Hall–Kier alpha value is -1.11. The van der Waals surface area contributed by atoms with Crippen LogP contribution in [0.3, 0.4) is 0 Å². The van der Waals surface area contributed by atoms with E-state index in [-0.39, 0.29) is 16.4 Å². The van der Waals surface area contributed by atoms with Crippen LogP contribution in [0.2, 0.25) is 5.02 Å². The van der Waals surface area contributed by atoms with E-state index in [9.17, 15) is 4.79 Å². The molecule has 2 fully saturated rings. The minimum atomic E-state index is -0.321. The molecule has 1 spiro atoms. The highest BCUT2D eigenvalue weighted by molar-refractivity contribution is 6.32. The van der Waals surface area contributed by atoms with Gasteiger partial charge >= 0.3 is 0 Å². The zero-order valence-electron chi connectivity index (χ0n) is 12.1. The molecule has 0 amide bonds. The van der Waals surface area contributed by atoms with Gasteiger partial charge in [0.2, 0.25) is 0 Å². The molecule has 2 aliphatic rings. The van der Waals surface area contributed by atoms with Crippen molar-refractivity contribution in [3.05, 3.63) is 21.6 Å². The number of aromatic nitrogens is 2. The summed E-state index contributed by atoms with van der Waals surface area (Å²) in [5, 5.41) is 7.42. The van der Waals surface area contributed by atoms with Gasteiger partial charge in [0.05, 0.1) is 25.1 Å². The first-order valence-corrected chi connectivity index (χ1v) is 7.71. The van der Waals surface area contributed by atoms with Gasteiger partial charge in [-0.1, -0.05) is 11.6 Å². The Morgan fingerprint density at radius 1 is 1.43 bits per heavy atom. The van der Waals surface area contributed by atoms with Crippen LogP contribution in [0.1, 0.15) is 25.7 Å². The smallest absolute Gasteiger partial charge is 0.287 e. The van der Waals surface area contributed by atoms with E-state index < -0.39 is 0 Å². The first-order chi connectivity index (χ1) is 10.1. The van der Waals surface area contributed by atoms with Crippen molar-refractivity contribution in [3.8, 4) is 0 Å². The second-order valence-electron chi connectivity index (χ2n) is 5.73. The lowest BCUT2D eigenvalue weighted by Gasteiger charge is -2.35. The van der Waals surface area contributed by atoms with Gasteiger partial charge in [-0.2, -0.15) is 5.10 Å². The molecule has 1 aromatic heterocycles. The summed E-state index contributed by atoms with van der Waals surface area (Å²) in [7, 11) is 1.58. The Morgan fingerprint density at radius 3 is 2.76 bits per heavy atom. The highest BCUT2D eigenvalue weighted by atomic mass is 35.5. The van der Waals surface area contributed by atoms with Crippen molar-refractivity contribution in [2.24, 2.45) is 13.0 Å². The summed E-state index contributed by atoms with van der Waals surface area (Å²) < 4.78 is 12.7. The van der Waals surface area contributed by atoms with Crippen molar-refractivity contribution in [1.29, 1.82) is 0 Å². The standard InChI is InChI=1S/C14H20ClN3O3/c1-18-13(19)12(15)11(9-17-18)16-8-10-2-4-14(5-3-10)20-6-7-21-14/h9-10,16H,2-8H2,1H3. The van der Waals surface area contributed by atoms with E-state index in [2.05, 4.69) is 10.4 Å². The first-order valence-electron chi connectivity index (χ1n) is 7.33. The number of halogens is 1. The second-order valence-corrected chi connectivity index (χ2v) is 6.11. The molecule has 1 saturated heterocycles. The normalized spacial score (nSPS) is 21.8. The van der Waals surface area contributed by atoms with Gasteiger partial charge in [-0.25, -0.2) is 4.68 Å². The van der Waals surface area contributed by atoms with E-state index in [1.54, 1.807) is 13.2 Å². The molecular formula is C14H20ClN3O3. The van der Waals surface area contributed by atoms with Crippen LogP contribution < -0.4 is 10.9 Å². The zero-order valence-corrected chi connectivity index (χ0v) is 12.9. The average Bonchev–Trinajstić information content (AvgIpc) is 2.94. The number of nitrogens with one attached hydrogen (secondary N) is 1. The maximum absolute atomic E-state index is 11.7. The molecule has 2 heterocycles. The predicted octanol–water partition coefficient (Wildman–Crippen LogP) is 1.78. The number of rotatable bonds is 3. The molecule has 21 heavy (non-hydrogen) atoms. The molecule has 116 valence electrons. The van der Waals surface area contributed by atoms with Gasteiger partial charge in [0.15, 0.2) is 5.79 Å². The van der Waals surface area contributed by atoms with E-state index in [1.807, 2.05) is 0 Å². The van der Waals surface area contributed by atoms with Crippen molar-refractivity contribution in [1.82, 2.24) is 9.78 Å². The van der Waals surface area contributed by atoms with Crippen molar-refractivity contribution in [3.63, 3.8) is 0 Å². The zero-order chi connectivity index (χ0) is 14.9. The summed E-state index contributed by atoms with van der Waals surface area (Å²) in [6.07, 6.45) is 5.55. The van der Waals surface area contributed by atoms with E-state index in [0.717, 1.165) is 32.2 Å². The largest absolute Gasteiger partial charge is 0.382 e. The fourth-order valence-corrected chi connectivity index (χ4v) is 3.23. The number of nitrogens with zero attached hydrogens (tertiary/aromatic N) is 2. The summed E-state index contributed by atoms with van der Waals surface area (Å²) >= 11 is 6.04. The first kappa shape index (κ1) is 14.8. The van der Waals surface area contributed by atoms with E-state index in [4.69, 9.17) is 21.1 Å². The number of hydrogen-bond donors (Lipinski definition) is 1. The fraction of sp³-hybridized carbons (Fsp3) is 0.714. The Bertz CT molecular complexity index is 559. The van der Waals surface area contributed by atoms with Gasteiger partial charge < -0.3 is 14.8 Å². The summed E-state index contributed by atoms with van der Waals surface area (Å²) in [5.41, 5.74) is 0.324. The van der Waals surface area contributed by atoms with Crippen LogP contribution in [0.4, 0.5) is 5.69 Å². The topological polar surface area (TPSA) is 65.4 Å². The molecule has 3 rings (SSSR count). The molecule has 1 aromatic rings. The van der Waals surface area contributed by atoms with E-state index >= 15 is 0 Å². The van der Waals surface area contributed by atoms with Crippen LogP contribution in [-0.2, 0) is 16.5 Å². The lowest BCUT2D eigenvalue weighted by Crippen LogP contribution is -2.36. The monoisotopic (exact) mass is 313 g/mol.